The minimum atomic E-state index is -1.61. The molecule has 1 unspecified atom stereocenters. The van der Waals surface area contributed by atoms with E-state index < -0.39 is 8.32 Å². The van der Waals surface area contributed by atoms with E-state index in [1.54, 1.807) is 0 Å². The molecule has 0 aliphatic carbocycles. The number of benzene rings is 1. The van der Waals surface area contributed by atoms with Crippen LogP contribution in [-0.2, 0) is 0 Å². The fourth-order valence-electron chi connectivity index (χ4n) is 2.19. The molecule has 3 nitrogen and oxygen atoms in total. The zero-order chi connectivity index (χ0) is 13.9. The Hall–Kier alpha value is -1.13. The van der Waals surface area contributed by atoms with Gasteiger partial charge in [0.1, 0.15) is 11.4 Å². The normalized spacial score (nSPS) is 20.1. The predicted octanol–water partition coefficient (Wildman–Crippen LogP) is 3.66. The quantitative estimate of drug-likeness (QED) is 0.672. The summed E-state index contributed by atoms with van der Waals surface area (Å²) in [6.07, 6.45) is 4.45. The van der Waals surface area contributed by atoms with Gasteiger partial charge >= 0.3 is 0 Å². The molecule has 0 radical (unpaired) electrons. The molecule has 2 rings (SSSR count). The van der Waals surface area contributed by atoms with Crippen LogP contribution < -0.4 is 9.74 Å². The van der Waals surface area contributed by atoms with Crippen LogP contribution in [0.5, 0.6) is 5.75 Å². The van der Waals surface area contributed by atoms with Crippen LogP contribution in [0.4, 0.5) is 5.69 Å². The Morgan fingerprint density at radius 1 is 1.37 bits per heavy atom. The Morgan fingerprint density at radius 3 is 2.79 bits per heavy atom. The van der Waals surface area contributed by atoms with Crippen LogP contribution in [0.2, 0.25) is 19.6 Å². The molecule has 4 heteroatoms. The molecule has 1 aromatic carbocycles. The highest BCUT2D eigenvalue weighted by molar-refractivity contribution is 6.70. The van der Waals surface area contributed by atoms with Gasteiger partial charge in [0.2, 0.25) is 8.32 Å². The third-order valence-electron chi connectivity index (χ3n) is 3.09. The van der Waals surface area contributed by atoms with Gasteiger partial charge in [-0.25, -0.2) is 0 Å². The number of aliphatic imine (C=N–C) groups is 1. The van der Waals surface area contributed by atoms with E-state index in [2.05, 4.69) is 42.9 Å². The van der Waals surface area contributed by atoms with E-state index in [1.807, 2.05) is 18.3 Å². The Kier molecular flexibility index (Phi) is 4.42. The SMILES string of the molecule is Cc1cccc(N=CC2CCCN2)c1O[Si](C)(C)C. The first-order valence-corrected chi connectivity index (χ1v) is 10.4. The van der Waals surface area contributed by atoms with Crippen LogP contribution in [0.1, 0.15) is 18.4 Å². The maximum atomic E-state index is 6.18. The minimum Gasteiger partial charge on any atom is -0.543 e. The lowest BCUT2D eigenvalue weighted by Crippen LogP contribution is -2.29. The molecular weight excluding hydrogens is 252 g/mol. The van der Waals surface area contributed by atoms with Gasteiger partial charge in [-0.3, -0.25) is 4.99 Å². The number of hydrogen-bond donors (Lipinski definition) is 1. The molecule has 1 heterocycles. The molecule has 0 aromatic heterocycles. The van der Waals surface area contributed by atoms with E-state index in [0.717, 1.165) is 23.5 Å². The minimum absolute atomic E-state index is 0.417. The van der Waals surface area contributed by atoms with Gasteiger partial charge < -0.3 is 9.74 Å². The zero-order valence-corrected chi connectivity index (χ0v) is 13.4. The summed E-state index contributed by atoms with van der Waals surface area (Å²) in [5, 5.41) is 3.43. The van der Waals surface area contributed by atoms with Gasteiger partial charge in [-0.1, -0.05) is 12.1 Å². The summed E-state index contributed by atoms with van der Waals surface area (Å²) in [4.78, 5) is 4.64. The lowest BCUT2D eigenvalue weighted by atomic mass is 10.2. The van der Waals surface area contributed by atoms with E-state index in [1.165, 1.54) is 12.8 Å². The summed E-state index contributed by atoms with van der Waals surface area (Å²) >= 11 is 0. The molecule has 0 amide bonds. The van der Waals surface area contributed by atoms with Crippen LogP contribution in [0.15, 0.2) is 23.2 Å². The van der Waals surface area contributed by atoms with Crippen molar-refractivity contribution in [2.75, 3.05) is 6.54 Å². The number of nitrogens with one attached hydrogen (secondary N) is 1. The first-order chi connectivity index (χ1) is 8.96. The lowest BCUT2D eigenvalue weighted by molar-refractivity contribution is 0.554. The molecule has 1 aromatic rings. The van der Waals surface area contributed by atoms with Crippen LogP contribution >= 0.6 is 0 Å². The van der Waals surface area contributed by atoms with E-state index in [-0.39, 0.29) is 0 Å². The standard InChI is InChI=1S/C15H24N2OSi/c1-12-7-5-9-14(15(12)18-19(2,3)4)17-11-13-8-6-10-16-13/h5,7,9,11,13,16H,6,8,10H2,1-4H3. The number of aryl methyl sites for hydroxylation is 1. The van der Waals surface area contributed by atoms with Crippen molar-refractivity contribution in [1.82, 2.24) is 5.32 Å². The summed E-state index contributed by atoms with van der Waals surface area (Å²) in [7, 11) is -1.61. The van der Waals surface area contributed by atoms with E-state index in [9.17, 15) is 0 Å². The van der Waals surface area contributed by atoms with Crippen molar-refractivity contribution in [3.05, 3.63) is 23.8 Å². The number of nitrogens with zero attached hydrogens (tertiary/aromatic N) is 1. The topological polar surface area (TPSA) is 33.6 Å². The van der Waals surface area contributed by atoms with Crippen LogP contribution in [-0.4, -0.2) is 27.1 Å². The summed E-state index contributed by atoms with van der Waals surface area (Å²) in [6.45, 7) is 9.79. The molecule has 1 fully saturated rings. The van der Waals surface area contributed by atoms with Gasteiger partial charge in [-0.2, -0.15) is 0 Å². The number of para-hydroxylation sites is 1. The van der Waals surface area contributed by atoms with E-state index in [4.69, 9.17) is 4.43 Å². The molecule has 0 saturated carbocycles. The highest BCUT2D eigenvalue weighted by Crippen LogP contribution is 2.33. The Morgan fingerprint density at radius 2 is 2.16 bits per heavy atom. The van der Waals surface area contributed by atoms with Crippen LogP contribution in [0.3, 0.4) is 0 Å². The molecule has 1 atom stereocenters. The van der Waals surface area contributed by atoms with Crippen molar-refractivity contribution < 1.29 is 4.43 Å². The van der Waals surface area contributed by atoms with Crippen molar-refractivity contribution >= 4 is 20.2 Å². The average Bonchev–Trinajstić information content (AvgIpc) is 2.81. The van der Waals surface area contributed by atoms with Gasteiger partial charge in [0.05, 0.1) is 0 Å². The molecule has 19 heavy (non-hydrogen) atoms. The molecule has 1 N–H and O–H groups in total. The Balaban J connectivity index is 2.21. The van der Waals surface area contributed by atoms with Gasteiger partial charge in [-0.15, -0.1) is 0 Å². The van der Waals surface area contributed by atoms with Crippen molar-refractivity contribution in [2.24, 2.45) is 4.99 Å². The van der Waals surface area contributed by atoms with E-state index in [0.29, 0.717) is 6.04 Å². The molecule has 1 aliphatic heterocycles. The Bertz CT molecular complexity index is 460. The van der Waals surface area contributed by atoms with E-state index >= 15 is 0 Å². The molecule has 0 bridgehead atoms. The second kappa shape index (κ2) is 5.88. The number of hydrogen-bond acceptors (Lipinski definition) is 3. The molecule has 1 aliphatic rings. The zero-order valence-electron chi connectivity index (χ0n) is 12.4. The van der Waals surface area contributed by atoms with Gasteiger partial charge in [0.15, 0.2) is 0 Å². The predicted molar refractivity (Wildman–Crippen MR) is 84.3 cm³/mol. The highest BCUT2D eigenvalue weighted by Gasteiger charge is 2.19. The largest absolute Gasteiger partial charge is 0.543 e. The average molecular weight is 276 g/mol. The summed E-state index contributed by atoms with van der Waals surface area (Å²) in [5.41, 5.74) is 2.12. The van der Waals surface area contributed by atoms with Gasteiger partial charge in [0, 0.05) is 12.3 Å². The molecule has 104 valence electrons. The fraction of sp³-hybridized carbons (Fsp3) is 0.533. The monoisotopic (exact) mass is 276 g/mol. The highest BCUT2D eigenvalue weighted by atomic mass is 28.4. The van der Waals surface area contributed by atoms with Crippen LogP contribution in [0, 0.1) is 6.92 Å². The first kappa shape index (κ1) is 14.3. The second-order valence-electron chi connectivity index (χ2n) is 6.12. The second-order valence-corrected chi connectivity index (χ2v) is 10.5. The third-order valence-corrected chi connectivity index (χ3v) is 3.91. The summed E-state index contributed by atoms with van der Waals surface area (Å²) < 4.78 is 6.18. The fourth-order valence-corrected chi connectivity index (χ4v) is 3.06. The maximum Gasteiger partial charge on any atom is 0.242 e. The van der Waals surface area contributed by atoms with Crippen LogP contribution in [0.25, 0.3) is 0 Å². The number of rotatable bonds is 4. The maximum absolute atomic E-state index is 6.18. The third kappa shape index (κ3) is 4.18. The molecule has 0 spiro atoms. The van der Waals surface area contributed by atoms with Crippen molar-refractivity contribution in [1.29, 1.82) is 0 Å². The summed E-state index contributed by atoms with van der Waals surface area (Å²) in [6, 6.07) is 6.58. The van der Waals surface area contributed by atoms with Gasteiger partial charge in [0.25, 0.3) is 0 Å². The molecule has 1 saturated heterocycles. The smallest absolute Gasteiger partial charge is 0.242 e. The molecular formula is C15H24N2OSi. The lowest BCUT2D eigenvalue weighted by Gasteiger charge is -2.22. The van der Waals surface area contributed by atoms with Crippen molar-refractivity contribution in [2.45, 2.75) is 45.4 Å². The summed E-state index contributed by atoms with van der Waals surface area (Å²) in [5.74, 6) is 0.955. The van der Waals surface area contributed by atoms with Crippen molar-refractivity contribution in [3.8, 4) is 5.75 Å². The van der Waals surface area contributed by atoms with Crippen molar-refractivity contribution in [3.63, 3.8) is 0 Å². The first-order valence-electron chi connectivity index (χ1n) is 7.02. The Labute approximate surface area is 117 Å². The van der Waals surface area contributed by atoms with Gasteiger partial charge in [-0.05, 0) is 57.6 Å².